The molecule has 4 rings (SSSR count). The zero-order chi connectivity index (χ0) is 14.2. The number of fused-ring (bicyclic) bond motifs is 1. The van der Waals surface area contributed by atoms with Gasteiger partial charge in [-0.05, 0) is 25.2 Å². The number of rotatable bonds is 3. The molecular weight excluding hydrogens is 275 g/mol. The van der Waals surface area contributed by atoms with Crippen molar-refractivity contribution in [2.45, 2.75) is 36.3 Å². The summed E-state index contributed by atoms with van der Waals surface area (Å²) in [6.07, 6.45) is -2.77. The van der Waals surface area contributed by atoms with Crippen LogP contribution in [0.15, 0.2) is 4.42 Å². The van der Waals surface area contributed by atoms with Crippen LogP contribution in [-0.2, 0) is 15.6 Å². The topological polar surface area (TPSA) is 59.2 Å². The summed E-state index contributed by atoms with van der Waals surface area (Å²) in [5, 5.41) is 7.48. The monoisotopic (exact) mass is 287 g/mol. The molecule has 3 fully saturated rings. The van der Waals surface area contributed by atoms with Crippen LogP contribution in [0.25, 0.3) is 0 Å². The van der Waals surface area contributed by atoms with E-state index in [0.717, 1.165) is 12.8 Å². The molecule has 0 bridgehead atoms. The Bertz CT molecular complexity index is 581. The molecule has 20 heavy (non-hydrogen) atoms. The number of likely N-dealkylation sites (tertiary alicyclic amines) is 1. The Balaban J connectivity index is 1.63. The standard InChI is InChI=1S/C12H12F3N3O2/c13-12(14,15)11(1-2-11)9-17-16-8(20-9)10-3-7(10)4-18(5-10)6-19/h6-7H,1-5H2. The first-order chi connectivity index (χ1) is 9.41. The fraction of sp³-hybridized carbons (Fsp3) is 0.750. The Labute approximate surface area is 112 Å². The van der Waals surface area contributed by atoms with E-state index in [1.165, 1.54) is 0 Å². The molecule has 3 aliphatic rings. The van der Waals surface area contributed by atoms with Gasteiger partial charge in [0.1, 0.15) is 5.41 Å². The highest BCUT2D eigenvalue weighted by molar-refractivity contribution is 5.50. The van der Waals surface area contributed by atoms with Gasteiger partial charge in [-0.2, -0.15) is 13.2 Å². The van der Waals surface area contributed by atoms with Crippen molar-refractivity contribution in [3.05, 3.63) is 11.8 Å². The minimum Gasteiger partial charge on any atom is -0.424 e. The Morgan fingerprint density at radius 3 is 2.55 bits per heavy atom. The summed E-state index contributed by atoms with van der Waals surface area (Å²) >= 11 is 0. The lowest BCUT2D eigenvalue weighted by atomic mass is 10.1. The van der Waals surface area contributed by atoms with Crippen molar-refractivity contribution in [3.8, 4) is 0 Å². The van der Waals surface area contributed by atoms with E-state index in [9.17, 15) is 18.0 Å². The minimum atomic E-state index is -4.35. The van der Waals surface area contributed by atoms with E-state index in [1.54, 1.807) is 4.90 Å². The molecule has 8 heteroatoms. The summed E-state index contributed by atoms with van der Waals surface area (Å²) in [6, 6.07) is 0. The van der Waals surface area contributed by atoms with Crippen LogP contribution in [0.2, 0.25) is 0 Å². The summed E-state index contributed by atoms with van der Waals surface area (Å²) in [5.41, 5.74) is -2.32. The van der Waals surface area contributed by atoms with Crippen molar-refractivity contribution in [1.29, 1.82) is 0 Å². The zero-order valence-corrected chi connectivity index (χ0v) is 10.5. The van der Waals surface area contributed by atoms with Gasteiger partial charge in [-0.25, -0.2) is 0 Å². The van der Waals surface area contributed by atoms with E-state index in [-0.39, 0.29) is 30.5 Å². The molecule has 1 aromatic heterocycles. The molecule has 1 aromatic rings. The molecule has 0 aromatic carbocycles. The lowest BCUT2D eigenvalue weighted by Crippen LogP contribution is -2.29. The Morgan fingerprint density at radius 2 is 2.00 bits per heavy atom. The maximum atomic E-state index is 13.0. The largest absolute Gasteiger partial charge is 0.424 e. The number of aromatic nitrogens is 2. The quantitative estimate of drug-likeness (QED) is 0.788. The molecular formula is C12H12F3N3O2. The summed E-state index contributed by atoms with van der Waals surface area (Å²) in [6.45, 7) is 1.08. The van der Waals surface area contributed by atoms with Crippen LogP contribution in [0, 0.1) is 5.92 Å². The van der Waals surface area contributed by atoms with E-state index >= 15 is 0 Å². The maximum absolute atomic E-state index is 13.0. The molecule has 2 atom stereocenters. The van der Waals surface area contributed by atoms with Crippen molar-refractivity contribution in [3.63, 3.8) is 0 Å². The van der Waals surface area contributed by atoms with Gasteiger partial charge in [-0.3, -0.25) is 4.79 Å². The van der Waals surface area contributed by atoms with Crippen molar-refractivity contribution < 1.29 is 22.4 Å². The van der Waals surface area contributed by atoms with Crippen molar-refractivity contribution in [2.24, 2.45) is 5.92 Å². The van der Waals surface area contributed by atoms with E-state index in [2.05, 4.69) is 10.2 Å². The molecule has 1 amide bonds. The summed E-state index contributed by atoms with van der Waals surface area (Å²) in [4.78, 5) is 12.4. The molecule has 2 aliphatic carbocycles. The van der Waals surface area contributed by atoms with Gasteiger partial charge in [0.15, 0.2) is 0 Å². The van der Waals surface area contributed by atoms with Crippen LogP contribution in [0.5, 0.6) is 0 Å². The SMILES string of the molecule is O=CN1CC2CC2(c2nnc(C3(C(F)(F)F)CC3)o2)C1. The molecule has 0 spiro atoms. The van der Waals surface area contributed by atoms with Gasteiger partial charge < -0.3 is 9.32 Å². The second kappa shape index (κ2) is 3.35. The number of carbonyl (C=O) groups is 1. The van der Waals surface area contributed by atoms with Crippen molar-refractivity contribution in [2.75, 3.05) is 13.1 Å². The van der Waals surface area contributed by atoms with E-state index < -0.39 is 17.0 Å². The third-order valence-corrected chi connectivity index (χ3v) is 4.87. The van der Waals surface area contributed by atoms with Gasteiger partial charge in [0.25, 0.3) is 0 Å². The Hall–Kier alpha value is -1.60. The number of hydrogen-bond acceptors (Lipinski definition) is 4. The molecule has 1 aliphatic heterocycles. The average Bonchev–Trinajstić information content (AvgIpc) is 3.25. The number of carbonyl (C=O) groups excluding carboxylic acids is 1. The van der Waals surface area contributed by atoms with Gasteiger partial charge in [-0.1, -0.05) is 0 Å². The lowest BCUT2D eigenvalue weighted by Gasteiger charge is -2.15. The summed E-state index contributed by atoms with van der Waals surface area (Å²) in [5.74, 6) is 0.184. The number of alkyl halides is 3. The van der Waals surface area contributed by atoms with E-state index in [1.807, 2.05) is 0 Å². The van der Waals surface area contributed by atoms with Gasteiger partial charge in [0.2, 0.25) is 18.2 Å². The Morgan fingerprint density at radius 1 is 1.30 bits per heavy atom. The second-order valence-corrected chi connectivity index (χ2v) is 6.08. The smallest absolute Gasteiger partial charge is 0.403 e. The average molecular weight is 287 g/mol. The number of halogens is 3. The first kappa shape index (κ1) is 12.2. The van der Waals surface area contributed by atoms with Crippen LogP contribution in [0.4, 0.5) is 13.2 Å². The fourth-order valence-electron chi connectivity index (χ4n) is 3.30. The molecule has 1 saturated heterocycles. The third kappa shape index (κ3) is 1.36. The third-order valence-electron chi connectivity index (χ3n) is 4.87. The fourth-order valence-corrected chi connectivity index (χ4v) is 3.30. The van der Waals surface area contributed by atoms with Crippen LogP contribution in [0.3, 0.4) is 0 Å². The van der Waals surface area contributed by atoms with Crippen molar-refractivity contribution >= 4 is 6.41 Å². The summed E-state index contributed by atoms with van der Waals surface area (Å²) < 4.78 is 44.4. The highest BCUT2D eigenvalue weighted by atomic mass is 19.4. The van der Waals surface area contributed by atoms with E-state index in [0.29, 0.717) is 13.1 Å². The van der Waals surface area contributed by atoms with Gasteiger partial charge in [0.05, 0.1) is 5.41 Å². The molecule has 2 unspecified atom stereocenters. The highest BCUT2D eigenvalue weighted by Crippen LogP contribution is 2.61. The highest BCUT2D eigenvalue weighted by Gasteiger charge is 2.69. The van der Waals surface area contributed by atoms with Crippen LogP contribution in [0.1, 0.15) is 31.0 Å². The number of nitrogens with zero attached hydrogens (tertiary/aromatic N) is 3. The zero-order valence-electron chi connectivity index (χ0n) is 10.5. The molecule has 2 saturated carbocycles. The maximum Gasteiger partial charge on any atom is 0.403 e. The van der Waals surface area contributed by atoms with E-state index in [4.69, 9.17) is 4.42 Å². The predicted molar refractivity (Wildman–Crippen MR) is 58.7 cm³/mol. The Kier molecular flexibility index (Phi) is 2.03. The molecule has 0 N–H and O–H groups in total. The lowest BCUT2D eigenvalue weighted by molar-refractivity contribution is -0.165. The molecule has 0 radical (unpaired) electrons. The minimum absolute atomic E-state index is 0.00895. The normalized spacial score (nSPS) is 34.0. The molecule has 2 heterocycles. The van der Waals surface area contributed by atoms with Crippen LogP contribution in [-0.4, -0.2) is 40.8 Å². The first-order valence-electron chi connectivity index (χ1n) is 6.52. The van der Waals surface area contributed by atoms with Crippen molar-refractivity contribution in [1.82, 2.24) is 15.1 Å². The number of piperidine rings is 1. The summed E-state index contributed by atoms with van der Waals surface area (Å²) in [7, 11) is 0. The molecule has 108 valence electrons. The van der Waals surface area contributed by atoms with Gasteiger partial charge in [0, 0.05) is 13.1 Å². The second-order valence-electron chi connectivity index (χ2n) is 6.08. The first-order valence-corrected chi connectivity index (χ1v) is 6.52. The number of amides is 1. The number of hydrogen-bond donors (Lipinski definition) is 0. The van der Waals surface area contributed by atoms with Crippen LogP contribution < -0.4 is 0 Å². The predicted octanol–water partition coefficient (Wildman–Crippen LogP) is 1.39. The van der Waals surface area contributed by atoms with Crippen LogP contribution >= 0.6 is 0 Å². The molecule has 5 nitrogen and oxygen atoms in total. The van der Waals surface area contributed by atoms with Gasteiger partial charge in [-0.15, -0.1) is 10.2 Å². The van der Waals surface area contributed by atoms with Gasteiger partial charge >= 0.3 is 6.18 Å².